The molecule has 1 aliphatic heterocycles. The molecule has 0 unspecified atom stereocenters. The van der Waals surface area contributed by atoms with E-state index in [0.29, 0.717) is 12.2 Å². The second kappa shape index (κ2) is 7.88. The molecule has 1 saturated heterocycles. The maximum absolute atomic E-state index is 13.0. The zero-order valence-electron chi connectivity index (χ0n) is 16.1. The van der Waals surface area contributed by atoms with E-state index in [1.165, 1.54) is 0 Å². The Morgan fingerprint density at radius 2 is 2.04 bits per heavy atom. The van der Waals surface area contributed by atoms with Crippen molar-refractivity contribution >= 4 is 5.91 Å². The largest absolute Gasteiger partial charge is 0.497 e. The Balaban J connectivity index is 1.52. The fourth-order valence-corrected chi connectivity index (χ4v) is 3.58. The molecule has 1 aliphatic rings. The van der Waals surface area contributed by atoms with Gasteiger partial charge in [0.15, 0.2) is 0 Å². The number of carbonyl (C=O) groups is 1. The third-order valence-electron chi connectivity index (χ3n) is 5.04. The smallest absolute Gasteiger partial charge is 0.293 e. The highest BCUT2D eigenvalue weighted by Gasteiger charge is 2.34. The van der Waals surface area contributed by atoms with Crippen LogP contribution in [0.15, 0.2) is 45.4 Å². The number of likely N-dealkylation sites (tertiary alicyclic amines) is 1. The van der Waals surface area contributed by atoms with Gasteiger partial charge in [0.2, 0.25) is 5.76 Å². The summed E-state index contributed by atoms with van der Waals surface area (Å²) in [6, 6.07) is 11.0. The van der Waals surface area contributed by atoms with Gasteiger partial charge in [-0.25, -0.2) is 0 Å². The van der Waals surface area contributed by atoms with Gasteiger partial charge < -0.3 is 18.7 Å². The summed E-state index contributed by atoms with van der Waals surface area (Å²) in [7, 11) is 1.62. The van der Waals surface area contributed by atoms with Gasteiger partial charge in [0.25, 0.3) is 5.91 Å². The molecule has 3 aromatic rings. The van der Waals surface area contributed by atoms with Crippen LogP contribution in [0.3, 0.4) is 0 Å². The van der Waals surface area contributed by atoms with Crippen molar-refractivity contribution in [2.75, 3.05) is 13.7 Å². The highest BCUT2D eigenvalue weighted by Crippen LogP contribution is 2.33. The van der Waals surface area contributed by atoms with Crippen LogP contribution in [0.5, 0.6) is 5.75 Å². The van der Waals surface area contributed by atoms with Crippen LogP contribution in [0.2, 0.25) is 0 Å². The van der Waals surface area contributed by atoms with E-state index in [4.69, 9.17) is 13.8 Å². The number of aromatic nitrogens is 2. The molecule has 0 radical (unpaired) electrons. The molecule has 0 spiro atoms. The average molecular weight is 381 g/mol. The Morgan fingerprint density at radius 1 is 1.21 bits per heavy atom. The number of hydrogen-bond acceptors (Lipinski definition) is 6. The molecule has 1 fully saturated rings. The number of methoxy groups -OCH3 is 1. The Bertz CT molecular complexity index is 945. The first-order chi connectivity index (χ1) is 13.7. The Labute approximate surface area is 163 Å². The molecule has 1 atom stereocenters. The van der Waals surface area contributed by atoms with E-state index >= 15 is 0 Å². The van der Waals surface area contributed by atoms with Gasteiger partial charge in [-0.2, -0.15) is 0 Å². The first-order valence-corrected chi connectivity index (χ1v) is 9.57. The van der Waals surface area contributed by atoms with Crippen molar-refractivity contribution in [1.82, 2.24) is 15.2 Å². The number of hydrogen-bond donors (Lipinski definition) is 0. The number of benzene rings is 1. The quantitative estimate of drug-likeness (QED) is 0.634. The fourth-order valence-electron chi connectivity index (χ4n) is 3.58. The summed E-state index contributed by atoms with van der Waals surface area (Å²) in [5.41, 5.74) is 2.29. The van der Waals surface area contributed by atoms with Crippen molar-refractivity contribution in [2.24, 2.45) is 0 Å². The van der Waals surface area contributed by atoms with Crippen molar-refractivity contribution in [3.8, 4) is 17.0 Å². The summed E-state index contributed by atoms with van der Waals surface area (Å²) in [5, 5.41) is 8.25. The molecule has 0 saturated carbocycles. The predicted octanol–water partition coefficient (Wildman–Crippen LogP) is 4.27. The lowest BCUT2D eigenvalue weighted by molar-refractivity contribution is 0.0688. The van der Waals surface area contributed by atoms with Crippen molar-refractivity contribution in [3.63, 3.8) is 0 Å². The van der Waals surface area contributed by atoms with Crippen LogP contribution in [0.4, 0.5) is 0 Å². The molecule has 7 nitrogen and oxygen atoms in total. The lowest BCUT2D eigenvalue weighted by atomic mass is 10.1. The first-order valence-electron chi connectivity index (χ1n) is 9.57. The van der Waals surface area contributed by atoms with Gasteiger partial charge in [-0.05, 0) is 43.5 Å². The molecular formula is C21H23N3O4. The second-order valence-electron chi connectivity index (χ2n) is 6.93. The fraction of sp³-hybridized carbons (Fsp3) is 0.381. The number of nitrogens with zero attached hydrogens (tertiary/aromatic N) is 3. The van der Waals surface area contributed by atoms with Gasteiger partial charge in [0, 0.05) is 30.7 Å². The molecule has 4 rings (SSSR count). The molecule has 0 bridgehead atoms. The molecule has 2 aromatic heterocycles. The van der Waals surface area contributed by atoms with Gasteiger partial charge in [0.05, 0.1) is 13.2 Å². The van der Waals surface area contributed by atoms with E-state index < -0.39 is 0 Å². The molecule has 146 valence electrons. The molecule has 0 aliphatic carbocycles. The van der Waals surface area contributed by atoms with E-state index in [1.807, 2.05) is 30.3 Å². The summed E-state index contributed by atoms with van der Waals surface area (Å²) in [6.07, 6.45) is 3.63. The molecule has 7 heteroatoms. The number of rotatable bonds is 6. The third-order valence-corrected chi connectivity index (χ3v) is 5.04. The lowest BCUT2D eigenvalue weighted by Crippen LogP contribution is -2.30. The SMILES string of the molecule is CCCc1cc([C@H]2CCCN2C(=O)c2cc(-c3ccc(OC)cc3)no2)no1. The van der Waals surface area contributed by atoms with Crippen LogP contribution in [0, 0.1) is 0 Å². The standard InChI is InChI=1S/C21H23N3O4/c1-3-5-16-12-18(23-27-16)19-6-4-11-24(19)21(25)20-13-17(22-28-20)14-7-9-15(26-2)10-8-14/h7-10,12-13,19H,3-6,11H2,1-2H3/t19-/m1/s1. The van der Waals surface area contributed by atoms with Crippen LogP contribution in [-0.2, 0) is 6.42 Å². The number of amides is 1. The van der Waals surface area contributed by atoms with E-state index in [-0.39, 0.29) is 17.7 Å². The zero-order valence-corrected chi connectivity index (χ0v) is 16.1. The zero-order chi connectivity index (χ0) is 19.5. The van der Waals surface area contributed by atoms with E-state index in [0.717, 1.165) is 48.5 Å². The Hall–Kier alpha value is -3.09. The van der Waals surface area contributed by atoms with Crippen LogP contribution in [0.1, 0.15) is 54.2 Å². The first kappa shape index (κ1) is 18.3. The minimum atomic E-state index is -0.171. The molecule has 1 aromatic carbocycles. The summed E-state index contributed by atoms with van der Waals surface area (Å²) >= 11 is 0. The predicted molar refractivity (Wildman–Crippen MR) is 102 cm³/mol. The molecule has 1 amide bonds. The van der Waals surface area contributed by atoms with Gasteiger partial charge in [0.1, 0.15) is 22.9 Å². The van der Waals surface area contributed by atoms with Crippen molar-refractivity contribution in [2.45, 2.75) is 38.6 Å². The average Bonchev–Trinajstić information content (AvgIpc) is 3.47. The van der Waals surface area contributed by atoms with Crippen LogP contribution < -0.4 is 4.74 Å². The molecule has 0 N–H and O–H groups in total. The lowest BCUT2D eigenvalue weighted by Gasteiger charge is -2.21. The number of aryl methyl sites for hydroxylation is 1. The maximum Gasteiger partial charge on any atom is 0.293 e. The van der Waals surface area contributed by atoms with Gasteiger partial charge in [-0.1, -0.05) is 17.2 Å². The summed E-state index contributed by atoms with van der Waals surface area (Å²) in [4.78, 5) is 14.8. The van der Waals surface area contributed by atoms with Crippen molar-refractivity contribution < 1.29 is 18.6 Å². The second-order valence-corrected chi connectivity index (χ2v) is 6.93. The van der Waals surface area contributed by atoms with Gasteiger partial charge in [-0.15, -0.1) is 0 Å². The third kappa shape index (κ3) is 3.52. The highest BCUT2D eigenvalue weighted by atomic mass is 16.5. The van der Waals surface area contributed by atoms with Crippen LogP contribution >= 0.6 is 0 Å². The summed E-state index contributed by atoms with van der Waals surface area (Å²) in [5.74, 6) is 1.68. The minimum absolute atomic E-state index is 0.0867. The topological polar surface area (TPSA) is 81.6 Å². The molecule has 3 heterocycles. The summed E-state index contributed by atoms with van der Waals surface area (Å²) < 4.78 is 15.9. The van der Waals surface area contributed by atoms with Crippen molar-refractivity contribution in [1.29, 1.82) is 0 Å². The van der Waals surface area contributed by atoms with Gasteiger partial charge in [-0.3, -0.25) is 4.79 Å². The molecular weight excluding hydrogens is 358 g/mol. The minimum Gasteiger partial charge on any atom is -0.497 e. The van der Waals surface area contributed by atoms with E-state index in [9.17, 15) is 4.79 Å². The molecule has 28 heavy (non-hydrogen) atoms. The number of ether oxygens (including phenoxy) is 1. The maximum atomic E-state index is 13.0. The van der Waals surface area contributed by atoms with Crippen molar-refractivity contribution in [3.05, 3.63) is 53.6 Å². The summed E-state index contributed by atoms with van der Waals surface area (Å²) in [6.45, 7) is 2.76. The van der Waals surface area contributed by atoms with E-state index in [1.54, 1.807) is 18.1 Å². The Morgan fingerprint density at radius 3 is 2.79 bits per heavy atom. The van der Waals surface area contributed by atoms with Crippen LogP contribution in [0.25, 0.3) is 11.3 Å². The van der Waals surface area contributed by atoms with E-state index in [2.05, 4.69) is 17.2 Å². The van der Waals surface area contributed by atoms with Crippen LogP contribution in [-0.4, -0.2) is 34.8 Å². The normalized spacial score (nSPS) is 16.5. The number of carbonyl (C=O) groups excluding carboxylic acids is 1. The monoisotopic (exact) mass is 381 g/mol. The Kier molecular flexibility index (Phi) is 5.14. The van der Waals surface area contributed by atoms with Gasteiger partial charge >= 0.3 is 0 Å². The highest BCUT2D eigenvalue weighted by molar-refractivity contribution is 5.93.